The number of rotatable bonds is 3. The summed E-state index contributed by atoms with van der Waals surface area (Å²) < 4.78 is 0. The molecule has 1 rings (SSSR count). The molecule has 0 saturated carbocycles. The van der Waals surface area contributed by atoms with Gasteiger partial charge in [0, 0.05) is 10.7 Å². The van der Waals surface area contributed by atoms with Crippen molar-refractivity contribution in [2.75, 3.05) is 5.32 Å². The van der Waals surface area contributed by atoms with Gasteiger partial charge in [0.2, 0.25) is 0 Å². The average molecular weight is 272 g/mol. The van der Waals surface area contributed by atoms with Gasteiger partial charge in [-0.3, -0.25) is 0 Å². The van der Waals surface area contributed by atoms with Gasteiger partial charge < -0.3 is 16.4 Å². The zero-order valence-corrected chi connectivity index (χ0v) is 11.2. The highest BCUT2D eigenvalue weighted by Gasteiger charge is 2.23. The fourth-order valence-electron chi connectivity index (χ4n) is 1.04. The van der Waals surface area contributed by atoms with Gasteiger partial charge in [-0.2, -0.15) is 0 Å². The molecular weight excluding hydrogens is 258 g/mol. The van der Waals surface area contributed by atoms with Crippen LogP contribution in [0.3, 0.4) is 0 Å². The lowest BCUT2D eigenvalue weighted by atomic mass is 10.1. The summed E-state index contributed by atoms with van der Waals surface area (Å²) in [6.45, 7) is 3.47. The zero-order chi connectivity index (χ0) is 13.1. The van der Waals surface area contributed by atoms with Crippen molar-refractivity contribution in [3.8, 4) is 0 Å². The van der Waals surface area contributed by atoms with Crippen LogP contribution in [0.1, 0.15) is 13.8 Å². The Labute approximate surface area is 111 Å². The average Bonchev–Trinajstić information content (AvgIpc) is 2.20. The van der Waals surface area contributed by atoms with E-state index in [-0.39, 0.29) is 11.0 Å². The molecule has 0 atom stereocenters. The first-order valence-electron chi connectivity index (χ1n) is 4.96. The maximum absolute atomic E-state index is 11.6. The third kappa shape index (κ3) is 4.20. The maximum Gasteiger partial charge on any atom is 0.319 e. The predicted molar refractivity (Wildman–Crippen MR) is 74.5 cm³/mol. The number of amides is 2. The highest BCUT2D eigenvalue weighted by molar-refractivity contribution is 7.80. The molecule has 4 nitrogen and oxygen atoms in total. The Balaban J connectivity index is 2.62. The van der Waals surface area contributed by atoms with E-state index in [0.717, 1.165) is 0 Å². The Morgan fingerprint density at radius 1 is 1.35 bits per heavy atom. The first-order valence-corrected chi connectivity index (χ1v) is 5.74. The summed E-state index contributed by atoms with van der Waals surface area (Å²) in [5.74, 6) is 0. The molecule has 0 heterocycles. The van der Waals surface area contributed by atoms with Gasteiger partial charge in [-0.15, -0.1) is 0 Å². The van der Waals surface area contributed by atoms with Crippen LogP contribution in [0.15, 0.2) is 24.3 Å². The molecule has 6 heteroatoms. The molecular formula is C11H14ClN3OS. The van der Waals surface area contributed by atoms with Crippen molar-refractivity contribution in [2.24, 2.45) is 5.73 Å². The summed E-state index contributed by atoms with van der Waals surface area (Å²) in [5, 5.41) is 5.94. The Kier molecular flexibility index (Phi) is 4.31. The smallest absolute Gasteiger partial charge is 0.319 e. The van der Waals surface area contributed by atoms with Gasteiger partial charge >= 0.3 is 6.03 Å². The van der Waals surface area contributed by atoms with E-state index in [9.17, 15) is 4.79 Å². The molecule has 0 aromatic heterocycles. The number of hydrogen-bond acceptors (Lipinski definition) is 2. The lowest BCUT2D eigenvalue weighted by Crippen LogP contribution is -2.53. The first kappa shape index (κ1) is 13.7. The number of nitrogens with two attached hydrogens (primary N) is 1. The van der Waals surface area contributed by atoms with Crippen molar-refractivity contribution in [3.63, 3.8) is 0 Å². The van der Waals surface area contributed by atoms with Crippen LogP contribution in [0.4, 0.5) is 10.5 Å². The van der Waals surface area contributed by atoms with Crippen molar-refractivity contribution in [3.05, 3.63) is 29.3 Å². The maximum atomic E-state index is 11.6. The molecule has 0 saturated heterocycles. The molecule has 1 aromatic carbocycles. The molecule has 0 aliphatic heterocycles. The minimum Gasteiger partial charge on any atom is -0.391 e. The second kappa shape index (κ2) is 5.33. The van der Waals surface area contributed by atoms with E-state index in [0.29, 0.717) is 10.7 Å². The fraction of sp³-hybridized carbons (Fsp3) is 0.273. The largest absolute Gasteiger partial charge is 0.391 e. The summed E-state index contributed by atoms with van der Waals surface area (Å²) in [7, 11) is 0. The molecule has 2 amide bonds. The third-order valence-corrected chi connectivity index (χ3v) is 2.91. The molecule has 0 fully saturated rings. The third-order valence-electron chi connectivity index (χ3n) is 2.14. The van der Waals surface area contributed by atoms with Crippen molar-refractivity contribution < 1.29 is 4.79 Å². The van der Waals surface area contributed by atoms with Crippen LogP contribution < -0.4 is 16.4 Å². The molecule has 0 bridgehead atoms. The Morgan fingerprint density at radius 2 is 1.88 bits per heavy atom. The van der Waals surface area contributed by atoms with Gasteiger partial charge in [0.15, 0.2) is 0 Å². The van der Waals surface area contributed by atoms with Crippen LogP contribution in [0.2, 0.25) is 5.02 Å². The number of carbonyl (C=O) groups is 1. The van der Waals surface area contributed by atoms with Crippen molar-refractivity contribution >= 4 is 40.5 Å². The van der Waals surface area contributed by atoms with Crippen molar-refractivity contribution in [2.45, 2.75) is 19.4 Å². The van der Waals surface area contributed by atoms with Gasteiger partial charge in [0.1, 0.15) is 0 Å². The summed E-state index contributed by atoms with van der Waals surface area (Å²) in [4.78, 5) is 11.9. The van der Waals surface area contributed by atoms with Gasteiger partial charge in [-0.25, -0.2) is 4.79 Å². The van der Waals surface area contributed by atoms with Gasteiger partial charge in [0.25, 0.3) is 0 Å². The molecule has 1 aromatic rings. The SMILES string of the molecule is CC(C)(NC(=O)Nc1ccc(Cl)cc1)C(N)=S. The Bertz CT molecular complexity index is 431. The van der Waals surface area contributed by atoms with E-state index in [4.69, 9.17) is 29.6 Å². The van der Waals surface area contributed by atoms with Crippen LogP contribution in [-0.2, 0) is 0 Å². The molecule has 0 radical (unpaired) electrons. The molecule has 0 aliphatic rings. The monoisotopic (exact) mass is 271 g/mol. The number of nitrogens with one attached hydrogen (secondary N) is 2. The van der Waals surface area contributed by atoms with E-state index < -0.39 is 5.54 Å². The molecule has 0 aliphatic carbocycles. The van der Waals surface area contributed by atoms with Crippen LogP contribution in [0.5, 0.6) is 0 Å². The Hall–Kier alpha value is -1.33. The second-order valence-electron chi connectivity index (χ2n) is 4.08. The summed E-state index contributed by atoms with van der Waals surface area (Å²) in [6, 6.07) is 6.42. The number of urea groups is 1. The van der Waals surface area contributed by atoms with Crippen molar-refractivity contribution in [1.82, 2.24) is 5.32 Å². The van der Waals surface area contributed by atoms with Crippen LogP contribution in [0, 0.1) is 0 Å². The number of anilines is 1. The quantitative estimate of drug-likeness (QED) is 0.740. The van der Waals surface area contributed by atoms with Gasteiger partial charge in [0.05, 0.1) is 10.5 Å². The summed E-state index contributed by atoms with van der Waals surface area (Å²) in [6.07, 6.45) is 0. The number of benzene rings is 1. The minimum atomic E-state index is -0.730. The molecule has 4 N–H and O–H groups in total. The lowest BCUT2D eigenvalue weighted by molar-refractivity contribution is 0.247. The normalized spacial score (nSPS) is 10.8. The highest BCUT2D eigenvalue weighted by Crippen LogP contribution is 2.13. The zero-order valence-electron chi connectivity index (χ0n) is 9.58. The summed E-state index contributed by atoms with van der Waals surface area (Å²) >= 11 is 10.6. The lowest BCUT2D eigenvalue weighted by Gasteiger charge is -2.24. The molecule has 92 valence electrons. The molecule has 0 unspecified atom stereocenters. The number of hydrogen-bond donors (Lipinski definition) is 3. The van der Waals surface area contributed by atoms with E-state index in [1.54, 1.807) is 38.1 Å². The summed E-state index contributed by atoms with van der Waals surface area (Å²) in [5.41, 5.74) is 5.42. The Morgan fingerprint density at radius 3 is 2.35 bits per heavy atom. The van der Waals surface area contributed by atoms with E-state index in [1.165, 1.54) is 0 Å². The minimum absolute atomic E-state index is 0.226. The first-order chi connectivity index (χ1) is 7.81. The number of carbonyl (C=O) groups excluding carboxylic acids is 1. The van der Waals surface area contributed by atoms with E-state index in [2.05, 4.69) is 10.6 Å². The molecule has 0 spiro atoms. The second-order valence-corrected chi connectivity index (χ2v) is 4.95. The van der Waals surface area contributed by atoms with E-state index >= 15 is 0 Å². The topological polar surface area (TPSA) is 67.2 Å². The highest BCUT2D eigenvalue weighted by atomic mass is 35.5. The fourth-order valence-corrected chi connectivity index (χ4v) is 1.22. The van der Waals surface area contributed by atoms with Gasteiger partial charge in [-0.05, 0) is 38.1 Å². The van der Waals surface area contributed by atoms with Crippen LogP contribution in [-0.4, -0.2) is 16.6 Å². The number of halogens is 1. The number of thiocarbonyl (C=S) groups is 1. The van der Waals surface area contributed by atoms with Crippen molar-refractivity contribution in [1.29, 1.82) is 0 Å². The van der Waals surface area contributed by atoms with Crippen LogP contribution in [0.25, 0.3) is 0 Å². The predicted octanol–water partition coefficient (Wildman–Crippen LogP) is 2.53. The van der Waals surface area contributed by atoms with E-state index in [1.807, 2.05) is 0 Å². The standard InChI is InChI=1S/C11H14ClN3OS/c1-11(2,9(13)17)15-10(16)14-8-5-3-7(12)4-6-8/h3-6H,1-2H3,(H2,13,17)(H2,14,15,16). The van der Waals surface area contributed by atoms with Gasteiger partial charge in [-0.1, -0.05) is 23.8 Å². The van der Waals surface area contributed by atoms with Crippen LogP contribution >= 0.6 is 23.8 Å². The molecule has 17 heavy (non-hydrogen) atoms.